The number of nitrogens with zero attached hydrogens (tertiary/aromatic N) is 1. The monoisotopic (exact) mass is 2820 g/mol. The van der Waals surface area contributed by atoms with E-state index in [9.17, 15) is 65.1 Å². The molecule has 123 heavy (non-hydrogen) atoms. The summed E-state index contributed by atoms with van der Waals surface area (Å²) in [5.74, 6) is -2.17. The molecule has 0 aliphatic heterocycles. The topological polar surface area (TPSA) is 744 Å². The molecule has 0 aromatic heterocycles. The van der Waals surface area contributed by atoms with Crippen LogP contribution in [0, 0.1) is 62.9 Å². The molecule has 8 atom stereocenters. The van der Waals surface area contributed by atoms with Gasteiger partial charge >= 0.3 is 231 Å². The molecular formula is C59H128Cl8FN8O36P7Pt4. The van der Waals surface area contributed by atoms with Gasteiger partial charge in [0.15, 0.2) is 0 Å². The van der Waals surface area contributed by atoms with Gasteiger partial charge in [0.05, 0.1) is 74.6 Å². The quantitative estimate of drug-likeness (QED) is 0.0180. The number of rotatable bonds is 30. The number of halogens is 9. The molecule has 64 heteroatoms. The number of hydrogen-bond acceptors (Lipinski definition) is 25. The van der Waals surface area contributed by atoms with Crippen LogP contribution < -0.4 is 15.3 Å². The van der Waals surface area contributed by atoms with Gasteiger partial charge < -0.3 is 134 Å². The van der Waals surface area contributed by atoms with E-state index in [-0.39, 0.29) is 101 Å². The predicted octanol–water partition coefficient (Wildman–Crippen LogP) is 20.0. The first-order chi connectivity index (χ1) is 56.5. The van der Waals surface area contributed by atoms with Crippen LogP contribution in [0.25, 0.3) is 22.9 Å². The Morgan fingerprint density at radius 3 is 0.675 bits per heavy atom. The fourth-order valence-corrected chi connectivity index (χ4v) is 14.6. The Morgan fingerprint density at radius 2 is 0.577 bits per heavy atom. The predicted molar refractivity (Wildman–Crippen MR) is 459 cm³/mol. The van der Waals surface area contributed by atoms with Gasteiger partial charge in [0.1, 0.15) is 18.5 Å². The average Bonchev–Trinajstić information content (AvgIpc) is 0.895. The van der Waals surface area contributed by atoms with Crippen molar-refractivity contribution in [1.82, 2.24) is 15.3 Å². The second-order valence-corrected chi connectivity index (χ2v) is 47.2. The van der Waals surface area contributed by atoms with Crippen molar-refractivity contribution in [2.45, 2.75) is 196 Å². The Labute approximate surface area is 790 Å². The van der Waals surface area contributed by atoms with Crippen molar-refractivity contribution in [3.8, 4) is 6.26 Å². The van der Waals surface area contributed by atoms with E-state index in [1.165, 1.54) is 83.3 Å². The summed E-state index contributed by atoms with van der Waals surface area (Å²) in [6.45, 7) is 33.3. The number of alkyl halides is 1. The summed E-state index contributed by atoms with van der Waals surface area (Å²) in [7, 11) is 11.5. The van der Waals surface area contributed by atoms with Gasteiger partial charge in [-0.15, -0.1) is 5.26 Å². The molecular weight excluding hydrogens is 2700 g/mol. The van der Waals surface area contributed by atoms with Crippen LogP contribution in [0.15, 0.2) is 0 Å². The Morgan fingerprint density at radius 1 is 0.398 bits per heavy atom. The molecule has 0 radical (unpaired) electrons. The SMILES string of the molecule is CCOP(=O)(CC(=O)O)OCC.CCOP(=O)(CC(=O)O)OCC.CCOP(=O)(NC(=O)O)OCC.CCOP(=O)(NC(=O)O)OCC.CCOP(=O)(OC#N)OCC.O.O.O=C(O)CP(=O)(O)O.O=C(O)NP(=O)(O)O.[2H]CF.[CH2-]C1CCCCC1[NH-].[CH2-]C1CCCCC1[NH-].[CH2-]C1CCCCC1[NH-].[CH2-]C1CCCCC1[NH-].[Cl][Pt+2][Cl].[Cl][Pt+2][Cl].[Cl][Pt+2][Cl].[Cl][Pt+2][Cl]. The Balaban J connectivity index is -0.0000000881. The minimum absolute atomic E-state index is 0. The van der Waals surface area contributed by atoms with Gasteiger partial charge in [0.2, 0.25) is 0 Å². The van der Waals surface area contributed by atoms with Crippen LogP contribution in [0.1, 0.15) is 173 Å². The zero-order chi connectivity index (χ0) is 98.2. The molecule has 3 amide bonds. The molecule has 0 aromatic rings. The number of nitriles is 1. The molecule has 0 aromatic carbocycles. The zero-order valence-electron chi connectivity index (χ0n) is 70.2. The number of aliphatic carboxylic acids is 3. The molecule has 4 aliphatic rings. The number of carboxylic acids is 3. The van der Waals surface area contributed by atoms with E-state index in [1.54, 1.807) is 79.4 Å². The van der Waals surface area contributed by atoms with Crippen molar-refractivity contribution in [3.05, 3.63) is 50.6 Å². The van der Waals surface area contributed by atoms with Crippen LogP contribution in [0.5, 0.6) is 0 Å². The normalized spacial score (nSPS) is 18.0. The number of phosphoric ester groups is 1. The molecule has 44 nitrogen and oxygen atoms in total. The number of amides is 3. The van der Waals surface area contributed by atoms with Crippen molar-refractivity contribution in [2.24, 2.45) is 23.7 Å². The molecule has 4 fully saturated rings. The summed E-state index contributed by atoms with van der Waals surface area (Å²) in [6, 6.07) is 0.569. The van der Waals surface area contributed by atoms with Crippen molar-refractivity contribution in [2.75, 3.05) is 91.7 Å². The Bertz CT molecular complexity index is 2550. The fourth-order valence-electron chi connectivity index (χ4n) is 8.08. The third-order valence-electron chi connectivity index (χ3n) is 12.6. The summed E-state index contributed by atoms with van der Waals surface area (Å²) >= 11 is -1.89. The minimum atomic E-state index is -4.57. The van der Waals surface area contributed by atoms with Gasteiger partial charge in [-0.2, -0.15) is 47.8 Å². The second-order valence-electron chi connectivity index (χ2n) is 21.9. The van der Waals surface area contributed by atoms with Crippen LogP contribution in [0.3, 0.4) is 0 Å². The summed E-state index contributed by atoms with van der Waals surface area (Å²) in [4.78, 5) is 91.1. The number of hydrogen-bond donors (Lipinski definition) is 13. The van der Waals surface area contributed by atoms with Crippen LogP contribution >= 0.6 is 129 Å². The Hall–Kier alpha value is 1.32. The summed E-state index contributed by atoms with van der Waals surface area (Å²) < 4.78 is 142. The maximum absolute atomic E-state index is 11.4. The van der Waals surface area contributed by atoms with Gasteiger partial charge in [-0.05, 0) is 69.2 Å². The van der Waals surface area contributed by atoms with E-state index < -0.39 is 182 Å². The fraction of sp³-hybridized carbons (Fsp3) is 0.814. The van der Waals surface area contributed by atoms with E-state index in [2.05, 4.69) is 59.4 Å². The zero-order valence-corrected chi connectivity index (χ0v) is 90.6. The van der Waals surface area contributed by atoms with Crippen molar-refractivity contribution in [3.63, 3.8) is 0 Å². The van der Waals surface area contributed by atoms with Crippen LogP contribution in [-0.4, -0.2) is 213 Å². The van der Waals surface area contributed by atoms with E-state index in [1.807, 2.05) is 0 Å². The van der Waals surface area contributed by atoms with Crippen LogP contribution in [0.4, 0.5) is 18.8 Å². The van der Waals surface area contributed by atoms with Gasteiger partial charge in [-0.1, -0.05) is 103 Å². The molecule has 0 bridgehead atoms. The molecule has 0 heterocycles. The van der Waals surface area contributed by atoms with Crippen molar-refractivity contribution in [1.29, 1.82) is 5.26 Å². The maximum atomic E-state index is 11.4. The summed E-state index contributed by atoms with van der Waals surface area (Å²) in [5.41, 5.74) is 29.7. The first-order valence-electron chi connectivity index (χ1n) is 35.8. The molecule has 0 spiro atoms. The standard InChI is InChI=1S/4C7H13N.2C6H13O5P.2C5H12NO5P.C5H10NO4P.C2H5O5P.CH3F.CH4NO5P.8ClH.2H2O.4Pt/c4*1-6-4-2-3-5-7(6)8;2*1-3-10-12(9,11-4-2)5-6(7)8;2*1-3-10-12(9,11-4-2)6-5(7)8;1-3-8-11(7,9-4-2)10-5-6;3-2(4)1-8(5,6)7;1-2;3-1(4)2-8(5,6)7;;;;;;;;;;;;;;/h4*6-8H,1-5H2;2*3-5H2,1-2H3,(H,7,8);2*3-4H2,1-2H3,(H,6,9)(H,7,8);3-4H2,1-2H3;1H2,(H,3,4)(H2,5,6,7);1H3;(H,3,4)(H3,2,5,6,7);8*1H;2*1H2;;;;/q4*-2;;;;;;;;;;;;;;;;;;;4*+4/p-8/i;;;;;;;;;;1D;;;;;;;;;;;;;;;. The number of carboxylic acid groups (broad SMARTS) is 6. The van der Waals surface area contributed by atoms with Crippen molar-refractivity contribution < 1.29 is 243 Å². The molecule has 4 rings (SSSR count). The van der Waals surface area contributed by atoms with Gasteiger partial charge in [-0.3, -0.25) is 59.6 Å². The second kappa shape index (κ2) is 104. The van der Waals surface area contributed by atoms with Crippen LogP contribution in [0.2, 0.25) is 0 Å². The molecule has 4 saturated carbocycles. The number of carbonyl (C=O) groups is 6. The van der Waals surface area contributed by atoms with Gasteiger partial charge in [0.25, 0.3) is 6.26 Å². The third-order valence-corrected chi connectivity index (χ3v) is 22.4. The number of nitrogens with one attached hydrogen (secondary N) is 7. The van der Waals surface area contributed by atoms with E-state index in [4.69, 9.17) is 173 Å². The first kappa shape index (κ1) is 153. The molecule has 4 aliphatic carbocycles. The van der Waals surface area contributed by atoms with E-state index >= 15 is 0 Å². The summed E-state index contributed by atoms with van der Waals surface area (Å²) in [5, 5.41) is 61.0. The van der Waals surface area contributed by atoms with E-state index in [0.717, 1.165) is 30.8 Å². The number of phosphoric acid groups is 1. The van der Waals surface area contributed by atoms with Crippen molar-refractivity contribution >= 4 is 165 Å². The van der Waals surface area contributed by atoms with E-state index in [0.29, 0.717) is 23.7 Å². The van der Waals surface area contributed by atoms with Gasteiger partial charge in [0, 0.05) is 0 Å². The van der Waals surface area contributed by atoms with Gasteiger partial charge in [-0.25, -0.2) is 47.9 Å². The molecule has 758 valence electrons. The molecule has 21 N–H and O–H groups in total. The molecule has 8 unspecified atom stereocenters. The van der Waals surface area contributed by atoms with Crippen LogP contribution in [-0.2, 0) is 162 Å². The Kier molecular flexibility index (Phi) is 129. The third kappa shape index (κ3) is 127. The molecule has 0 saturated heterocycles. The summed E-state index contributed by atoms with van der Waals surface area (Å²) in [6.07, 6.45) is 13.6. The average molecular weight is 2830 g/mol. The first-order valence-corrected chi connectivity index (χ1v) is 69.0.